The number of rotatable bonds is 10. The largest absolute Gasteiger partial charge is 0.486 e. The molecule has 0 saturated carbocycles. The summed E-state index contributed by atoms with van der Waals surface area (Å²) in [4.78, 5) is 40.7. The Labute approximate surface area is 280 Å². The third-order valence-electron chi connectivity index (χ3n) is 8.06. The summed E-state index contributed by atoms with van der Waals surface area (Å²) in [5.74, 6) is 2.45. The summed E-state index contributed by atoms with van der Waals surface area (Å²) in [5, 5.41) is 9.32. The Morgan fingerprint density at radius 2 is 1.65 bits per heavy atom. The van der Waals surface area contributed by atoms with E-state index in [1.165, 1.54) is 0 Å². The van der Waals surface area contributed by atoms with Gasteiger partial charge in [0.25, 0.3) is 5.24 Å². The van der Waals surface area contributed by atoms with E-state index < -0.39 is 5.25 Å². The summed E-state index contributed by atoms with van der Waals surface area (Å²) < 4.78 is 14.3. The zero-order valence-corrected chi connectivity index (χ0v) is 26.8. The number of anilines is 1. The minimum Gasteiger partial charge on any atom is -0.486 e. The molecular formula is C37H31N5O5S. The molecule has 5 aromatic carbocycles. The number of amides is 4. The van der Waals surface area contributed by atoms with E-state index in [1.54, 1.807) is 0 Å². The first-order chi connectivity index (χ1) is 23.4. The van der Waals surface area contributed by atoms with Crippen molar-refractivity contribution in [3.63, 3.8) is 0 Å². The molecule has 1 unspecified atom stereocenters. The van der Waals surface area contributed by atoms with Crippen molar-refractivity contribution in [2.45, 2.75) is 24.8 Å². The Balaban J connectivity index is 1.00. The Kier molecular flexibility index (Phi) is 8.67. The van der Waals surface area contributed by atoms with E-state index in [-0.39, 0.29) is 23.8 Å². The number of aryl methyl sites for hydroxylation is 1. The van der Waals surface area contributed by atoms with E-state index in [9.17, 15) is 14.4 Å². The van der Waals surface area contributed by atoms with Crippen molar-refractivity contribution in [2.24, 2.45) is 7.05 Å². The van der Waals surface area contributed by atoms with Crippen LogP contribution in [0.5, 0.6) is 17.2 Å². The lowest BCUT2D eigenvalue weighted by Gasteiger charge is -2.12. The van der Waals surface area contributed by atoms with E-state index in [4.69, 9.17) is 14.5 Å². The van der Waals surface area contributed by atoms with E-state index in [0.717, 1.165) is 50.5 Å². The van der Waals surface area contributed by atoms with Crippen LogP contribution < -0.4 is 25.4 Å². The Morgan fingerprint density at radius 3 is 2.44 bits per heavy atom. The first-order valence-corrected chi connectivity index (χ1v) is 16.2. The van der Waals surface area contributed by atoms with Gasteiger partial charge in [0.1, 0.15) is 29.7 Å². The van der Waals surface area contributed by atoms with Gasteiger partial charge in [-0.15, -0.1) is 0 Å². The van der Waals surface area contributed by atoms with Crippen LogP contribution in [0, 0.1) is 0 Å². The highest BCUT2D eigenvalue weighted by Crippen LogP contribution is 2.32. The van der Waals surface area contributed by atoms with Crippen LogP contribution in [0.1, 0.15) is 17.0 Å². The van der Waals surface area contributed by atoms with Crippen molar-refractivity contribution in [1.82, 2.24) is 20.2 Å². The van der Waals surface area contributed by atoms with E-state index >= 15 is 0 Å². The fourth-order valence-electron chi connectivity index (χ4n) is 5.53. The van der Waals surface area contributed by atoms with Gasteiger partial charge in [-0.25, -0.2) is 9.78 Å². The van der Waals surface area contributed by atoms with Crippen LogP contribution in [0.25, 0.3) is 21.8 Å². The molecule has 10 nitrogen and oxygen atoms in total. The summed E-state index contributed by atoms with van der Waals surface area (Å²) in [6.45, 7) is 0.686. The van der Waals surface area contributed by atoms with Crippen LogP contribution in [-0.4, -0.2) is 32.0 Å². The van der Waals surface area contributed by atoms with Crippen LogP contribution in [0.3, 0.4) is 0 Å². The Morgan fingerprint density at radius 1 is 0.875 bits per heavy atom. The average molecular weight is 658 g/mol. The quantitative estimate of drug-likeness (QED) is 0.141. The van der Waals surface area contributed by atoms with Crippen molar-refractivity contribution in [2.75, 3.05) is 5.32 Å². The molecule has 240 valence electrons. The Hall–Kier alpha value is -5.81. The fourth-order valence-corrected chi connectivity index (χ4v) is 6.39. The summed E-state index contributed by atoms with van der Waals surface area (Å²) >= 11 is 1.02. The molecule has 1 atom stereocenters. The maximum atomic E-state index is 12.7. The van der Waals surface area contributed by atoms with Crippen LogP contribution in [0.2, 0.25) is 0 Å². The predicted molar refractivity (Wildman–Crippen MR) is 186 cm³/mol. The first-order valence-electron chi connectivity index (χ1n) is 15.4. The molecule has 0 radical (unpaired) electrons. The number of urea groups is 1. The van der Waals surface area contributed by atoms with Gasteiger partial charge in [-0.05, 0) is 65.4 Å². The minimum absolute atomic E-state index is 0.249. The number of carbonyl (C=O) groups is 3. The molecule has 2 heterocycles. The normalized spacial score (nSPS) is 14.2. The lowest BCUT2D eigenvalue weighted by Crippen LogP contribution is -2.28. The standard InChI is InChI=1S/C37H31N5O5S/c1-42-32-20-28(16-17-31(32)39-34(42)22-46-26-13-10-23(11-14-26)18-33-35(43)41-37(45)48-33)47-27-15-12-25-8-5-9-30(29(25)19-27)40-36(44)38-21-24-6-3-2-4-7-24/h2-17,19-20,33H,18,21-22H2,1H3,(H2,38,40,44)(H,41,43,45). The topological polar surface area (TPSA) is 124 Å². The molecule has 0 aliphatic carbocycles. The number of nitrogens with one attached hydrogen (secondary N) is 3. The second kappa shape index (κ2) is 13.5. The third-order valence-corrected chi connectivity index (χ3v) is 9.04. The summed E-state index contributed by atoms with van der Waals surface area (Å²) in [5.41, 5.74) is 4.35. The van der Waals surface area contributed by atoms with Gasteiger partial charge in [-0.1, -0.05) is 72.4 Å². The molecule has 0 bridgehead atoms. The molecule has 1 aliphatic rings. The highest BCUT2D eigenvalue weighted by Gasteiger charge is 2.31. The highest BCUT2D eigenvalue weighted by atomic mass is 32.2. The van der Waals surface area contributed by atoms with Gasteiger partial charge >= 0.3 is 6.03 Å². The summed E-state index contributed by atoms with van der Waals surface area (Å²) in [7, 11) is 1.93. The molecule has 1 aliphatic heterocycles. The molecule has 3 N–H and O–H groups in total. The van der Waals surface area contributed by atoms with Crippen LogP contribution >= 0.6 is 11.8 Å². The molecule has 4 amide bonds. The molecule has 11 heteroatoms. The molecule has 1 saturated heterocycles. The van der Waals surface area contributed by atoms with Crippen LogP contribution in [-0.2, 0) is 31.4 Å². The zero-order valence-electron chi connectivity index (χ0n) is 25.9. The maximum Gasteiger partial charge on any atom is 0.319 e. The second-order valence-corrected chi connectivity index (χ2v) is 12.5. The summed E-state index contributed by atoms with van der Waals surface area (Å²) in [6, 6.07) is 34.2. The lowest BCUT2D eigenvalue weighted by atomic mass is 10.1. The van der Waals surface area contributed by atoms with Crippen molar-refractivity contribution in [3.05, 3.63) is 126 Å². The average Bonchev–Trinajstić information content (AvgIpc) is 3.59. The summed E-state index contributed by atoms with van der Waals surface area (Å²) in [6.07, 6.45) is 0.473. The number of fused-ring (bicyclic) bond motifs is 2. The van der Waals surface area contributed by atoms with E-state index in [1.807, 2.05) is 121 Å². The highest BCUT2D eigenvalue weighted by molar-refractivity contribution is 8.15. The van der Waals surface area contributed by atoms with Crippen molar-refractivity contribution in [3.8, 4) is 17.2 Å². The van der Waals surface area contributed by atoms with E-state index in [0.29, 0.717) is 35.9 Å². The van der Waals surface area contributed by atoms with Crippen molar-refractivity contribution < 1.29 is 23.9 Å². The fraction of sp³-hybridized carbons (Fsp3) is 0.135. The maximum absolute atomic E-state index is 12.7. The number of carbonyl (C=O) groups excluding carboxylic acids is 3. The van der Waals surface area contributed by atoms with Crippen LogP contribution in [0.4, 0.5) is 15.3 Å². The van der Waals surface area contributed by atoms with Gasteiger partial charge in [0.05, 0.1) is 22.0 Å². The predicted octanol–water partition coefficient (Wildman–Crippen LogP) is 7.31. The van der Waals surface area contributed by atoms with Gasteiger partial charge in [0, 0.05) is 25.0 Å². The molecule has 1 fully saturated rings. The first kappa shape index (κ1) is 30.8. The number of imide groups is 1. The third kappa shape index (κ3) is 6.96. The number of hydrogen-bond acceptors (Lipinski definition) is 7. The van der Waals surface area contributed by atoms with Gasteiger partial charge in [-0.2, -0.15) is 0 Å². The molecule has 7 rings (SSSR count). The zero-order chi connectivity index (χ0) is 33.0. The number of hydrogen-bond donors (Lipinski definition) is 3. The van der Waals surface area contributed by atoms with Gasteiger partial charge in [-0.3, -0.25) is 14.9 Å². The van der Waals surface area contributed by atoms with Gasteiger partial charge < -0.3 is 24.7 Å². The number of thioether (sulfide) groups is 1. The monoisotopic (exact) mass is 657 g/mol. The number of nitrogens with zero attached hydrogens (tertiary/aromatic N) is 2. The SMILES string of the molecule is Cn1c(COc2ccc(CC3SC(=O)NC3=O)cc2)nc2ccc(Oc3ccc4cccc(NC(=O)NCc5ccccc5)c4c3)cc21. The second-order valence-electron chi connectivity index (χ2n) is 11.3. The lowest BCUT2D eigenvalue weighted by molar-refractivity contribution is -0.118. The minimum atomic E-state index is -0.405. The molecule has 1 aromatic heterocycles. The van der Waals surface area contributed by atoms with Crippen molar-refractivity contribution in [1.29, 1.82) is 0 Å². The molecule has 48 heavy (non-hydrogen) atoms. The number of aromatic nitrogens is 2. The van der Waals surface area contributed by atoms with Crippen molar-refractivity contribution >= 4 is 56.4 Å². The number of ether oxygens (including phenoxy) is 2. The number of imidazole rings is 1. The van der Waals surface area contributed by atoms with Gasteiger partial charge in [0.15, 0.2) is 0 Å². The number of benzene rings is 5. The van der Waals surface area contributed by atoms with E-state index in [2.05, 4.69) is 16.0 Å². The molecule has 0 spiro atoms. The van der Waals surface area contributed by atoms with Gasteiger partial charge in [0.2, 0.25) is 5.91 Å². The smallest absolute Gasteiger partial charge is 0.319 e. The molecule has 6 aromatic rings. The Bertz CT molecular complexity index is 2150. The molecular weight excluding hydrogens is 627 g/mol. The van der Waals surface area contributed by atoms with Crippen LogP contribution in [0.15, 0.2) is 109 Å².